The second kappa shape index (κ2) is 5.25. The van der Waals surface area contributed by atoms with Gasteiger partial charge in [-0.05, 0) is 41.9 Å². The quantitative estimate of drug-likeness (QED) is 0.719. The minimum absolute atomic E-state index is 0.220. The normalized spacial score (nSPS) is 11.2. The van der Waals surface area contributed by atoms with Gasteiger partial charge < -0.3 is 10.2 Å². The van der Waals surface area contributed by atoms with E-state index in [-0.39, 0.29) is 11.3 Å². The predicted molar refractivity (Wildman–Crippen MR) is 76.7 cm³/mol. The Labute approximate surface area is 122 Å². The maximum Gasteiger partial charge on any atom is 0.339 e. The zero-order valence-electron chi connectivity index (χ0n) is 10.5. The van der Waals surface area contributed by atoms with Crippen LogP contribution in [0.5, 0.6) is 5.75 Å². The number of hydrogen-bond acceptors (Lipinski definition) is 7. The Balaban J connectivity index is 1.96. The molecule has 0 aliphatic rings. The van der Waals surface area contributed by atoms with Gasteiger partial charge in [0.15, 0.2) is 10.6 Å². The molecule has 3 aromatic rings. The highest BCUT2D eigenvalue weighted by Gasteiger charge is 2.10. The fourth-order valence-corrected chi connectivity index (χ4v) is 2.36. The molecule has 0 radical (unpaired) electrons. The van der Waals surface area contributed by atoms with Crippen LogP contribution in [0.2, 0.25) is 0 Å². The summed E-state index contributed by atoms with van der Waals surface area (Å²) in [4.78, 5) is 15.0. The topological polar surface area (TPSA) is 108 Å². The van der Waals surface area contributed by atoms with Gasteiger partial charge in [0.05, 0.1) is 11.1 Å². The number of hydrogen-bond donors (Lipinski definition) is 2. The van der Waals surface area contributed by atoms with Crippen molar-refractivity contribution in [2.75, 3.05) is 0 Å². The molecule has 0 bridgehead atoms. The number of azo groups is 1. The first-order valence-electron chi connectivity index (χ1n) is 5.83. The number of aromatic carboxylic acids is 1. The average molecular weight is 300 g/mol. The summed E-state index contributed by atoms with van der Waals surface area (Å²) in [7, 11) is 0. The number of pyridine rings is 1. The van der Waals surface area contributed by atoms with Gasteiger partial charge in [-0.3, -0.25) is 0 Å². The first-order valence-corrected chi connectivity index (χ1v) is 6.61. The second-order valence-corrected chi connectivity index (χ2v) is 4.82. The van der Waals surface area contributed by atoms with Gasteiger partial charge in [-0.15, -0.1) is 10.2 Å². The van der Waals surface area contributed by atoms with Crippen molar-refractivity contribution < 1.29 is 15.0 Å². The van der Waals surface area contributed by atoms with Crippen molar-refractivity contribution in [3.05, 3.63) is 42.1 Å². The zero-order valence-corrected chi connectivity index (χ0v) is 11.3. The van der Waals surface area contributed by atoms with Crippen molar-refractivity contribution >= 4 is 39.2 Å². The van der Waals surface area contributed by atoms with Gasteiger partial charge in [0.25, 0.3) is 0 Å². The molecule has 2 heterocycles. The summed E-state index contributed by atoms with van der Waals surface area (Å²) < 4.78 is 4.13. The Bertz CT molecular complexity index is 859. The Hall–Kier alpha value is -2.87. The summed E-state index contributed by atoms with van der Waals surface area (Å²) in [5.74, 6) is -1.54. The highest BCUT2D eigenvalue weighted by atomic mass is 32.1. The standard InChI is InChI=1S/C13H8N4O3S/c18-10-4-3-7(6-9(10)13(19)20)15-16-12-8-2-1-5-14-11(8)17-21-12/h1-6,18H,(H,19,20). The van der Waals surface area contributed by atoms with Crippen LogP contribution in [0.4, 0.5) is 10.7 Å². The van der Waals surface area contributed by atoms with Crippen LogP contribution >= 0.6 is 11.5 Å². The molecule has 1 aromatic carbocycles. The van der Waals surface area contributed by atoms with Gasteiger partial charge in [-0.25, -0.2) is 9.78 Å². The van der Waals surface area contributed by atoms with Crippen LogP contribution in [0.15, 0.2) is 46.8 Å². The molecule has 21 heavy (non-hydrogen) atoms. The third-order valence-corrected chi connectivity index (χ3v) is 3.44. The SMILES string of the molecule is O=C(O)c1cc(N=Nc2snc3ncccc23)ccc1O. The van der Waals surface area contributed by atoms with Crippen LogP contribution in [0.3, 0.4) is 0 Å². The van der Waals surface area contributed by atoms with E-state index in [4.69, 9.17) is 5.11 Å². The monoisotopic (exact) mass is 300 g/mol. The number of benzene rings is 1. The summed E-state index contributed by atoms with van der Waals surface area (Å²) in [6, 6.07) is 7.61. The highest BCUT2D eigenvalue weighted by molar-refractivity contribution is 7.11. The molecule has 7 nitrogen and oxygen atoms in total. The van der Waals surface area contributed by atoms with Gasteiger partial charge in [0.2, 0.25) is 0 Å². The van der Waals surface area contributed by atoms with E-state index in [1.54, 1.807) is 12.3 Å². The molecular weight excluding hydrogens is 292 g/mol. The first kappa shape index (κ1) is 13.1. The molecule has 104 valence electrons. The van der Waals surface area contributed by atoms with Gasteiger partial charge in [-0.2, -0.15) is 4.37 Å². The Kier molecular flexibility index (Phi) is 3.28. The number of carbonyl (C=O) groups is 1. The molecular formula is C13H8N4O3S. The van der Waals surface area contributed by atoms with E-state index >= 15 is 0 Å². The number of aromatic hydroxyl groups is 1. The molecule has 2 N–H and O–H groups in total. The fraction of sp³-hybridized carbons (Fsp3) is 0. The number of rotatable bonds is 3. The van der Waals surface area contributed by atoms with Crippen molar-refractivity contribution in [3.8, 4) is 5.75 Å². The number of fused-ring (bicyclic) bond motifs is 1. The molecule has 8 heteroatoms. The largest absolute Gasteiger partial charge is 0.507 e. The lowest BCUT2D eigenvalue weighted by atomic mass is 10.2. The lowest BCUT2D eigenvalue weighted by molar-refractivity contribution is 0.0694. The summed E-state index contributed by atoms with van der Waals surface area (Å²) in [6.07, 6.45) is 1.64. The van der Waals surface area contributed by atoms with Crippen LogP contribution in [-0.2, 0) is 0 Å². The average Bonchev–Trinajstić information content (AvgIpc) is 2.89. The smallest absolute Gasteiger partial charge is 0.339 e. The molecule has 0 aliphatic heterocycles. The third-order valence-electron chi connectivity index (χ3n) is 2.70. The first-order chi connectivity index (χ1) is 10.1. The molecule has 0 unspecified atom stereocenters. The van der Waals surface area contributed by atoms with Crippen molar-refractivity contribution in [2.24, 2.45) is 10.2 Å². The van der Waals surface area contributed by atoms with Gasteiger partial charge >= 0.3 is 5.97 Å². The number of carboxylic acids is 1. The van der Waals surface area contributed by atoms with Crippen molar-refractivity contribution in [1.29, 1.82) is 0 Å². The summed E-state index contributed by atoms with van der Waals surface area (Å²) in [5, 5.41) is 27.8. The number of carboxylic acid groups (broad SMARTS) is 1. The summed E-state index contributed by atoms with van der Waals surface area (Å²) in [6.45, 7) is 0. The maximum atomic E-state index is 10.9. The van der Waals surface area contributed by atoms with Crippen molar-refractivity contribution in [1.82, 2.24) is 9.36 Å². The zero-order chi connectivity index (χ0) is 14.8. The predicted octanol–water partition coefficient (Wildman–Crippen LogP) is 3.51. The Morgan fingerprint density at radius 3 is 2.90 bits per heavy atom. The van der Waals surface area contributed by atoms with E-state index in [1.165, 1.54) is 18.2 Å². The van der Waals surface area contributed by atoms with E-state index in [0.717, 1.165) is 16.9 Å². The van der Waals surface area contributed by atoms with E-state index in [2.05, 4.69) is 19.6 Å². The van der Waals surface area contributed by atoms with Crippen LogP contribution in [-0.4, -0.2) is 25.5 Å². The van der Waals surface area contributed by atoms with Crippen LogP contribution in [0.25, 0.3) is 11.0 Å². The summed E-state index contributed by atoms with van der Waals surface area (Å²) >= 11 is 1.16. The van der Waals surface area contributed by atoms with Crippen LogP contribution in [0, 0.1) is 0 Å². The molecule has 0 atom stereocenters. The van der Waals surface area contributed by atoms with Crippen molar-refractivity contribution in [2.45, 2.75) is 0 Å². The van der Waals surface area contributed by atoms with Gasteiger partial charge in [-0.1, -0.05) is 0 Å². The number of phenols is 1. The molecule has 0 amide bonds. The summed E-state index contributed by atoms with van der Waals surface area (Å²) in [5.41, 5.74) is 0.700. The molecule has 0 aliphatic carbocycles. The number of nitrogens with zero attached hydrogens (tertiary/aromatic N) is 4. The molecule has 2 aromatic heterocycles. The van der Waals surface area contributed by atoms with E-state index in [1.807, 2.05) is 6.07 Å². The van der Waals surface area contributed by atoms with Crippen LogP contribution < -0.4 is 0 Å². The third kappa shape index (κ3) is 2.56. The van der Waals surface area contributed by atoms with E-state index < -0.39 is 5.97 Å². The molecule has 0 fully saturated rings. The molecule has 3 rings (SSSR count). The minimum Gasteiger partial charge on any atom is -0.507 e. The number of aromatic nitrogens is 2. The Morgan fingerprint density at radius 2 is 2.10 bits per heavy atom. The highest BCUT2D eigenvalue weighted by Crippen LogP contribution is 2.31. The lowest BCUT2D eigenvalue weighted by Crippen LogP contribution is -1.95. The van der Waals surface area contributed by atoms with E-state index in [0.29, 0.717) is 16.3 Å². The Morgan fingerprint density at radius 1 is 1.24 bits per heavy atom. The molecule has 0 spiro atoms. The van der Waals surface area contributed by atoms with E-state index in [9.17, 15) is 9.90 Å². The van der Waals surface area contributed by atoms with Crippen molar-refractivity contribution in [3.63, 3.8) is 0 Å². The van der Waals surface area contributed by atoms with Crippen LogP contribution in [0.1, 0.15) is 10.4 Å². The fourth-order valence-electron chi connectivity index (χ4n) is 1.71. The van der Waals surface area contributed by atoms with Gasteiger partial charge in [0, 0.05) is 6.20 Å². The molecule has 0 saturated heterocycles. The van der Waals surface area contributed by atoms with Gasteiger partial charge in [0.1, 0.15) is 11.3 Å². The maximum absolute atomic E-state index is 10.9. The second-order valence-electron chi connectivity index (χ2n) is 4.07. The molecule has 0 saturated carbocycles. The minimum atomic E-state index is -1.23. The lowest BCUT2D eigenvalue weighted by Gasteiger charge is -1.99.